The van der Waals surface area contributed by atoms with Crippen molar-refractivity contribution in [2.24, 2.45) is 5.73 Å². The quantitative estimate of drug-likeness (QED) is 0.318. The maximum absolute atomic E-state index is 14.1. The molecule has 2 atom stereocenters. The molecule has 1 heterocycles. The molecule has 1 unspecified atom stereocenters. The standard InChI is InChI=1S/C30H35FN4O4/c31-24-12-11-22-6-3-4-8-29(38)35(27(22)17-24)14-13-28(37)34-26(30(39)33-19-25(36)18-32)16-20-9-10-21-5-1-2-7-23(21)15-20/h1-2,5,7,9-12,15,17,25-26,36H,3-4,6,8,13-14,16,18-19,32H2,(H,33,39)(H,34,37)/t25?,26-/m1/s1. The van der Waals surface area contributed by atoms with E-state index in [-0.39, 0.29) is 38.4 Å². The van der Waals surface area contributed by atoms with Crippen LogP contribution < -0.4 is 21.3 Å². The van der Waals surface area contributed by atoms with Gasteiger partial charge in [0.2, 0.25) is 17.7 Å². The minimum absolute atomic E-state index is 0.00604. The van der Waals surface area contributed by atoms with E-state index in [4.69, 9.17) is 5.73 Å². The van der Waals surface area contributed by atoms with Crippen molar-refractivity contribution in [1.82, 2.24) is 10.6 Å². The number of hydrogen-bond donors (Lipinski definition) is 4. The van der Waals surface area contributed by atoms with E-state index < -0.39 is 29.8 Å². The van der Waals surface area contributed by atoms with E-state index in [9.17, 15) is 23.9 Å². The Morgan fingerprint density at radius 1 is 1.03 bits per heavy atom. The first kappa shape index (κ1) is 28.2. The first-order valence-corrected chi connectivity index (χ1v) is 13.4. The van der Waals surface area contributed by atoms with Crippen molar-refractivity contribution in [3.8, 4) is 0 Å². The molecule has 4 rings (SSSR count). The molecule has 3 aromatic carbocycles. The van der Waals surface area contributed by atoms with Crippen molar-refractivity contribution >= 4 is 34.2 Å². The number of benzene rings is 3. The fraction of sp³-hybridized carbons (Fsp3) is 0.367. The van der Waals surface area contributed by atoms with E-state index in [0.29, 0.717) is 12.1 Å². The molecule has 0 fully saturated rings. The lowest BCUT2D eigenvalue weighted by molar-refractivity contribution is -0.129. The minimum Gasteiger partial charge on any atom is -0.390 e. The van der Waals surface area contributed by atoms with Crippen molar-refractivity contribution in [1.29, 1.82) is 0 Å². The largest absolute Gasteiger partial charge is 0.390 e. The molecular formula is C30H35FN4O4. The number of aliphatic hydroxyl groups is 1. The Labute approximate surface area is 227 Å². The zero-order valence-corrected chi connectivity index (χ0v) is 21.9. The highest BCUT2D eigenvalue weighted by Gasteiger charge is 2.25. The highest BCUT2D eigenvalue weighted by Crippen LogP contribution is 2.27. The number of halogens is 1. The van der Waals surface area contributed by atoms with E-state index in [0.717, 1.165) is 41.2 Å². The van der Waals surface area contributed by atoms with E-state index in [1.807, 2.05) is 42.5 Å². The zero-order valence-electron chi connectivity index (χ0n) is 21.9. The SMILES string of the molecule is NCC(O)CNC(=O)[C@@H](Cc1ccc2ccccc2c1)NC(=O)CCN1C(=O)CCCCc2ccc(F)cc21. The monoisotopic (exact) mass is 534 g/mol. The molecule has 0 saturated carbocycles. The zero-order chi connectivity index (χ0) is 27.8. The summed E-state index contributed by atoms with van der Waals surface area (Å²) in [6, 6.07) is 17.2. The molecule has 0 bridgehead atoms. The van der Waals surface area contributed by atoms with Crippen molar-refractivity contribution in [2.75, 3.05) is 24.5 Å². The number of anilines is 1. The van der Waals surface area contributed by atoms with Gasteiger partial charge in [0.15, 0.2) is 0 Å². The van der Waals surface area contributed by atoms with Gasteiger partial charge in [-0.2, -0.15) is 0 Å². The summed E-state index contributed by atoms with van der Waals surface area (Å²) in [6.45, 7) is 0.0231. The van der Waals surface area contributed by atoms with E-state index >= 15 is 0 Å². The molecule has 0 radical (unpaired) electrons. The van der Waals surface area contributed by atoms with Gasteiger partial charge in [-0.1, -0.05) is 48.5 Å². The summed E-state index contributed by atoms with van der Waals surface area (Å²) in [6.07, 6.45) is 1.89. The van der Waals surface area contributed by atoms with Crippen molar-refractivity contribution in [2.45, 2.75) is 50.7 Å². The summed E-state index contributed by atoms with van der Waals surface area (Å²) < 4.78 is 14.1. The molecule has 3 aromatic rings. The molecule has 0 spiro atoms. The van der Waals surface area contributed by atoms with Crippen molar-refractivity contribution in [3.05, 3.63) is 77.6 Å². The second-order valence-corrected chi connectivity index (χ2v) is 9.92. The molecular weight excluding hydrogens is 499 g/mol. The Bertz CT molecular complexity index is 1330. The van der Waals surface area contributed by atoms with Crippen LogP contribution >= 0.6 is 0 Å². The van der Waals surface area contributed by atoms with Gasteiger partial charge in [-0.25, -0.2) is 4.39 Å². The number of hydrogen-bond acceptors (Lipinski definition) is 5. The number of nitrogens with two attached hydrogens (primary N) is 1. The Hall–Kier alpha value is -3.82. The summed E-state index contributed by atoms with van der Waals surface area (Å²) in [4.78, 5) is 40.5. The lowest BCUT2D eigenvalue weighted by atomic mass is 10.00. The van der Waals surface area contributed by atoms with Crippen LogP contribution in [0.1, 0.15) is 36.8 Å². The molecule has 9 heteroatoms. The predicted octanol–water partition coefficient (Wildman–Crippen LogP) is 2.59. The summed E-state index contributed by atoms with van der Waals surface area (Å²) in [7, 11) is 0. The van der Waals surface area contributed by atoms with Crippen LogP contribution in [0.3, 0.4) is 0 Å². The van der Waals surface area contributed by atoms with Gasteiger partial charge in [0.25, 0.3) is 0 Å². The number of carbonyl (C=O) groups excluding carboxylic acids is 3. The average molecular weight is 535 g/mol. The summed E-state index contributed by atoms with van der Waals surface area (Å²) in [5.74, 6) is -1.46. The Morgan fingerprint density at radius 2 is 1.79 bits per heavy atom. The van der Waals surface area contributed by atoms with Crippen molar-refractivity contribution in [3.63, 3.8) is 0 Å². The van der Waals surface area contributed by atoms with Crippen LogP contribution in [0.5, 0.6) is 0 Å². The fourth-order valence-electron chi connectivity index (χ4n) is 4.82. The fourth-order valence-corrected chi connectivity index (χ4v) is 4.82. The lowest BCUT2D eigenvalue weighted by Gasteiger charge is -2.28. The van der Waals surface area contributed by atoms with Gasteiger partial charge in [0.05, 0.1) is 6.10 Å². The third-order valence-electron chi connectivity index (χ3n) is 6.98. The summed E-state index contributed by atoms with van der Waals surface area (Å²) in [5, 5.41) is 17.3. The maximum atomic E-state index is 14.1. The van der Waals surface area contributed by atoms with Crippen LogP contribution in [-0.4, -0.2) is 54.6 Å². The second kappa shape index (κ2) is 13.3. The van der Waals surface area contributed by atoms with E-state index in [1.165, 1.54) is 17.0 Å². The van der Waals surface area contributed by atoms with Crippen molar-refractivity contribution < 1.29 is 23.9 Å². The maximum Gasteiger partial charge on any atom is 0.243 e. The number of nitrogens with one attached hydrogen (secondary N) is 2. The number of carbonyl (C=O) groups is 3. The minimum atomic E-state index is -0.906. The third-order valence-corrected chi connectivity index (χ3v) is 6.98. The Balaban J connectivity index is 1.47. The first-order valence-electron chi connectivity index (χ1n) is 13.4. The number of fused-ring (bicyclic) bond motifs is 2. The lowest BCUT2D eigenvalue weighted by Crippen LogP contribution is -2.50. The van der Waals surface area contributed by atoms with Crippen LogP contribution in [0.2, 0.25) is 0 Å². The Kier molecular flexibility index (Phi) is 9.62. The molecule has 3 amide bonds. The number of nitrogens with zero attached hydrogens (tertiary/aromatic N) is 1. The molecule has 0 aromatic heterocycles. The molecule has 5 N–H and O–H groups in total. The summed E-state index contributed by atoms with van der Waals surface area (Å²) >= 11 is 0. The number of aliphatic hydroxyl groups excluding tert-OH is 1. The highest BCUT2D eigenvalue weighted by atomic mass is 19.1. The smallest absolute Gasteiger partial charge is 0.243 e. The van der Waals surface area contributed by atoms with Gasteiger partial charge < -0.3 is 26.4 Å². The van der Waals surface area contributed by atoms with E-state index in [1.54, 1.807) is 6.07 Å². The number of amides is 3. The molecule has 0 saturated heterocycles. The highest BCUT2D eigenvalue weighted by molar-refractivity contribution is 5.95. The van der Waals surface area contributed by atoms with Crippen LogP contribution in [0.15, 0.2) is 60.7 Å². The van der Waals surface area contributed by atoms with Gasteiger partial charge in [-0.3, -0.25) is 14.4 Å². The summed E-state index contributed by atoms with van der Waals surface area (Å²) in [5.41, 5.74) is 7.68. The molecule has 39 heavy (non-hydrogen) atoms. The van der Waals surface area contributed by atoms with Crippen LogP contribution in [-0.2, 0) is 27.2 Å². The molecule has 1 aliphatic rings. The first-order chi connectivity index (χ1) is 18.8. The average Bonchev–Trinajstić information content (AvgIpc) is 2.93. The molecule has 8 nitrogen and oxygen atoms in total. The van der Waals surface area contributed by atoms with Crippen LogP contribution in [0.4, 0.5) is 10.1 Å². The third kappa shape index (κ3) is 7.61. The Morgan fingerprint density at radius 3 is 2.59 bits per heavy atom. The normalized spacial score (nSPS) is 15.2. The van der Waals surface area contributed by atoms with Gasteiger partial charge in [0, 0.05) is 44.6 Å². The molecule has 0 aliphatic carbocycles. The van der Waals surface area contributed by atoms with Crippen LogP contribution in [0, 0.1) is 5.82 Å². The van der Waals surface area contributed by atoms with Gasteiger partial charge >= 0.3 is 0 Å². The molecule has 1 aliphatic heterocycles. The number of aryl methyl sites for hydroxylation is 1. The second-order valence-electron chi connectivity index (χ2n) is 9.92. The van der Waals surface area contributed by atoms with Gasteiger partial charge in [-0.15, -0.1) is 0 Å². The molecule has 206 valence electrons. The predicted molar refractivity (Wildman–Crippen MR) is 149 cm³/mol. The number of rotatable bonds is 10. The van der Waals surface area contributed by atoms with Gasteiger partial charge in [0.1, 0.15) is 11.9 Å². The topological polar surface area (TPSA) is 125 Å². The van der Waals surface area contributed by atoms with Crippen LogP contribution in [0.25, 0.3) is 10.8 Å². The van der Waals surface area contributed by atoms with Gasteiger partial charge in [-0.05, 0) is 53.3 Å². The van der Waals surface area contributed by atoms with E-state index in [2.05, 4.69) is 10.6 Å².